The average molecular weight is 268 g/mol. The topological polar surface area (TPSA) is 52.6 Å². The molecule has 4 nitrogen and oxygen atoms in total. The number of carbonyl (C=O) groups is 1. The summed E-state index contributed by atoms with van der Waals surface area (Å²) in [5.41, 5.74) is 0. The van der Waals surface area contributed by atoms with E-state index in [9.17, 15) is 9.90 Å². The lowest BCUT2D eigenvalue weighted by atomic mass is 9.80. The summed E-state index contributed by atoms with van der Waals surface area (Å²) in [6.07, 6.45) is 6.06. The number of β-amino-alcohol motifs (C(OH)–C–C–N with tert-alkyl or cyclic N) is 1. The number of likely N-dealkylation sites (tertiary alicyclic amines) is 1. The van der Waals surface area contributed by atoms with E-state index in [-0.39, 0.29) is 12.1 Å². The monoisotopic (exact) mass is 268 g/mol. The third kappa shape index (κ3) is 4.10. The van der Waals surface area contributed by atoms with Crippen LogP contribution in [-0.4, -0.2) is 41.3 Å². The van der Waals surface area contributed by atoms with Crippen molar-refractivity contribution in [1.82, 2.24) is 10.2 Å². The number of rotatable bonds is 2. The van der Waals surface area contributed by atoms with Crippen molar-refractivity contribution in [2.75, 3.05) is 13.1 Å². The molecule has 0 bridgehead atoms. The fourth-order valence-corrected chi connectivity index (χ4v) is 3.34. The summed E-state index contributed by atoms with van der Waals surface area (Å²) in [6.45, 7) is 5.86. The molecule has 4 heteroatoms. The van der Waals surface area contributed by atoms with Crippen LogP contribution in [0.1, 0.15) is 52.4 Å². The van der Waals surface area contributed by atoms with Crippen LogP contribution in [0.4, 0.5) is 4.79 Å². The minimum absolute atomic E-state index is 0.0201. The van der Waals surface area contributed by atoms with E-state index >= 15 is 0 Å². The number of piperidine rings is 1. The Morgan fingerprint density at radius 3 is 2.47 bits per heavy atom. The van der Waals surface area contributed by atoms with Crippen molar-refractivity contribution >= 4 is 6.03 Å². The second-order valence-corrected chi connectivity index (χ2v) is 6.55. The smallest absolute Gasteiger partial charge is 0.317 e. The Labute approximate surface area is 116 Å². The number of hydrogen-bond donors (Lipinski definition) is 2. The molecule has 0 radical (unpaired) electrons. The molecule has 1 aliphatic heterocycles. The maximum absolute atomic E-state index is 12.1. The lowest BCUT2D eigenvalue weighted by molar-refractivity contribution is 0.0822. The quantitative estimate of drug-likeness (QED) is 0.808. The highest BCUT2D eigenvalue weighted by Crippen LogP contribution is 2.29. The van der Waals surface area contributed by atoms with Crippen LogP contribution in [0.25, 0.3) is 0 Å². The van der Waals surface area contributed by atoms with Crippen LogP contribution in [0.3, 0.4) is 0 Å². The van der Waals surface area contributed by atoms with Crippen LogP contribution in [0.2, 0.25) is 0 Å². The Bertz CT molecular complexity index is 299. The highest BCUT2D eigenvalue weighted by molar-refractivity contribution is 5.74. The van der Waals surface area contributed by atoms with E-state index < -0.39 is 0 Å². The van der Waals surface area contributed by atoms with Gasteiger partial charge in [-0.1, -0.05) is 13.8 Å². The van der Waals surface area contributed by atoms with E-state index in [1.54, 1.807) is 4.90 Å². The Morgan fingerprint density at radius 2 is 1.89 bits per heavy atom. The SMILES string of the molecule is CC(C)C1CCC(NC(=O)N2CCCC(O)C2)CC1. The van der Waals surface area contributed by atoms with E-state index in [1.165, 1.54) is 12.8 Å². The molecule has 2 amide bonds. The van der Waals surface area contributed by atoms with Crippen LogP contribution in [0, 0.1) is 11.8 Å². The summed E-state index contributed by atoms with van der Waals surface area (Å²) in [5, 5.41) is 12.8. The van der Waals surface area contributed by atoms with Gasteiger partial charge in [-0.2, -0.15) is 0 Å². The molecule has 1 atom stereocenters. The van der Waals surface area contributed by atoms with Gasteiger partial charge in [0.1, 0.15) is 0 Å². The third-order valence-corrected chi connectivity index (χ3v) is 4.73. The van der Waals surface area contributed by atoms with E-state index in [0.29, 0.717) is 12.6 Å². The van der Waals surface area contributed by atoms with E-state index in [0.717, 1.165) is 44.1 Å². The third-order valence-electron chi connectivity index (χ3n) is 4.73. The average Bonchev–Trinajstić information content (AvgIpc) is 2.39. The van der Waals surface area contributed by atoms with Crippen molar-refractivity contribution in [2.24, 2.45) is 11.8 Å². The van der Waals surface area contributed by atoms with Gasteiger partial charge in [0, 0.05) is 19.1 Å². The summed E-state index contributed by atoms with van der Waals surface area (Å²) in [6, 6.07) is 0.355. The van der Waals surface area contributed by atoms with Gasteiger partial charge in [0.25, 0.3) is 0 Å². The van der Waals surface area contributed by atoms with Gasteiger partial charge in [-0.3, -0.25) is 0 Å². The highest BCUT2D eigenvalue weighted by atomic mass is 16.3. The number of nitrogens with one attached hydrogen (secondary N) is 1. The predicted molar refractivity (Wildman–Crippen MR) is 75.9 cm³/mol. The largest absolute Gasteiger partial charge is 0.391 e. The van der Waals surface area contributed by atoms with Crippen LogP contribution in [-0.2, 0) is 0 Å². The summed E-state index contributed by atoms with van der Waals surface area (Å²) < 4.78 is 0. The Morgan fingerprint density at radius 1 is 1.21 bits per heavy atom. The Balaban J connectivity index is 1.74. The fourth-order valence-electron chi connectivity index (χ4n) is 3.34. The fraction of sp³-hybridized carbons (Fsp3) is 0.933. The first-order valence-corrected chi connectivity index (χ1v) is 7.79. The van der Waals surface area contributed by atoms with Crippen molar-refractivity contribution < 1.29 is 9.90 Å². The van der Waals surface area contributed by atoms with Crippen molar-refractivity contribution in [2.45, 2.75) is 64.5 Å². The molecule has 2 N–H and O–H groups in total. The molecular formula is C15H28N2O2. The van der Waals surface area contributed by atoms with Crippen LogP contribution >= 0.6 is 0 Å². The van der Waals surface area contributed by atoms with Gasteiger partial charge in [0.05, 0.1) is 6.10 Å². The minimum atomic E-state index is -0.337. The number of carbonyl (C=O) groups excluding carboxylic acids is 1. The molecule has 1 heterocycles. The molecule has 0 aromatic carbocycles. The van der Waals surface area contributed by atoms with Gasteiger partial charge in [0.15, 0.2) is 0 Å². The molecular weight excluding hydrogens is 240 g/mol. The van der Waals surface area contributed by atoms with E-state index in [1.807, 2.05) is 0 Å². The molecule has 1 unspecified atom stereocenters. The van der Waals surface area contributed by atoms with Crippen molar-refractivity contribution in [1.29, 1.82) is 0 Å². The first-order chi connectivity index (χ1) is 9.06. The van der Waals surface area contributed by atoms with Gasteiger partial charge in [-0.25, -0.2) is 4.79 Å². The molecule has 1 aliphatic carbocycles. The summed E-state index contributed by atoms with van der Waals surface area (Å²) >= 11 is 0. The maximum atomic E-state index is 12.1. The lowest BCUT2D eigenvalue weighted by Gasteiger charge is -2.35. The highest BCUT2D eigenvalue weighted by Gasteiger charge is 2.27. The van der Waals surface area contributed by atoms with Gasteiger partial charge >= 0.3 is 6.03 Å². The number of urea groups is 1. The molecule has 110 valence electrons. The number of aliphatic hydroxyl groups is 1. The Kier molecular flexibility index (Phi) is 5.08. The molecule has 1 saturated carbocycles. The van der Waals surface area contributed by atoms with E-state index in [2.05, 4.69) is 19.2 Å². The number of aliphatic hydroxyl groups excluding tert-OH is 1. The number of nitrogens with zero attached hydrogens (tertiary/aromatic N) is 1. The maximum Gasteiger partial charge on any atom is 0.317 e. The molecule has 0 aromatic heterocycles. The number of amides is 2. The molecule has 2 fully saturated rings. The molecule has 2 aliphatic rings. The molecule has 1 saturated heterocycles. The summed E-state index contributed by atoms with van der Waals surface area (Å²) in [7, 11) is 0. The van der Waals surface area contributed by atoms with Crippen LogP contribution in [0.5, 0.6) is 0 Å². The Hall–Kier alpha value is -0.770. The lowest BCUT2D eigenvalue weighted by Crippen LogP contribution is -2.50. The molecule has 2 rings (SSSR count). The predicted octanol–water partition coefficient (Wildman–Crippen LogP) is 2.37. The zero-order valence-corrected chi connectivity index (χ0v) is 12.3. The molecule has 0 aromatic rings. The minimum Gasteiger partial charge on any atom is -0.391 e. The van der Waals surface area contributed by atoms with Crippen LogP contribution < -0.4 is 5.32 Å². The molecule has 0 spiro atoms. The van der Waals surface area contributed by atoms with Gasteiger partial charge in [-0.05, 0) is 50.4 Å². The number of hydrogen-bond acceptors (Lipinski definition) is 2. The summed E-state index contributed by atoms with van der Waals surface area (Å²) in [5.74, 6) is 1.58. The second kappa shape index (κ2) is 6.60. The standard InChI is InChI=1S/C15H28N2O2/c1-11(2)12-5-7-13(8-6-12)16-15(19)17-9-3-4-14(18)10-17/h11-14,18H,3-10H2,1-2H3,(H,16,19). The zero-order valence-electron chi connectivity index (χ0n) is 12.3. The first-order valence-electron chi connectivity index (χ1n) is 7.79. The van der Waals surface area contributed by atoms with Gasteiger partial charge < -0.3 is 15.3 Å². The van der Waals surface area contributed by atoms with Crippen LogP contribution in [0.15, 0.2) is 0 Å². The summed E-state index contributed by atoms with van der Waals surface area (Å²) in [4.78, 5) is 13.9. The van der Waals surface area contributed by atoms with E-state index in [4.69, 9.17) is 0 Å². The van der Waals surface area contributed by atoms with Crippen molar-refractivity contribution in [3.63, 3.8) is 0 Å². The van der Waals surface area contributed by atoms with Gasteiger partial charge in [0.2, 0.25) is 0 Å². The zero-order chi connectivity index (χ0) is 13.8. The van der Waals surface area contributed by atoms with Crippen molar-refractivity contribution in [3.8, 4) is 0 Å². The second-order valence-electron chi connectivity index (χ2n) is 6.55. The molecule has 19 heavy (non-hydrogen) atoms. The van der Waals surface area contributed by atoms with Crippen molar-refractivity contribution in [3.05, 3.63) is 0 Å². The van der Waals surface area contributed by atoms with Gasteiger partial charge in [-0.15, -0.1) is 0 Å². The first kappa shape index (κ1) is 14.6. The normalized spacial score (nSPS) is 32.4.